The molecule has 1 amide bonds. The van der Waals surface area contributed by atoms with E-state index in [0.717, 1.165) is 24.1 Å². The number of hydrogen-bond donors (Lipinski definition) is 1. The molecule has 5 nitrogen and oxygen atoms in total. The van der Waals surface area contributed by atoms with Crippen LogP contribution in [0.4, 0.5) is 0 Å². The van der Waals surface area contributed by atoms with E-state index in [0.29, 0.717) is 6.54 Å². The molecular formula is C17H17N3O2. The number of likely N-dealkylation sites (tertiary alicyclic amines) is 1. The summed E-state index contributed by atoms with van der Waals surface area (Å²) in [6, 6.07) is 11.4. The Kier molecular flexibility index (Phi) is 4.14. The van der Waals surface area contributed by atoms with E-state index >= 15 is 0 Å². The number of benzene rings is 1. The first kappa shape index (κ1) is 14.3. The summed E-state index contributed by atoms with van der Waals surface area (Å²) in [5.41, 5.74) is 1.36. The first-order valence-corrected chi connectivity index (χ1v) is 7.33. The number of aromatic amines is 1. The van der Waals surface area contributed by atoms with Gasteiger partial charge in [-0.25, -0.2) is 9.78 Å². The van der Waals surface area contributed by atoms with Gasteiger partial charge in [-0.15, -0.1) is 0 Å². The third-order valence-electron chi connectivity index (χ3n) is 3.81. The van der Waals surface area contributed by atoms with Crippen molar-refractivity contribution in [3.8, 4) is 0 Å². The normalized spacial score (nSPS) is 18.0. The fraction of sp³-hybridized carbons (Fsp3) is 0.235. The Morgan fingerprint density at radius 3 is 2.86 bits per heavy atom. The number of aromatic nitrogens is 2. The Morgan fingerprint density at radius 2 is 2.09 bits per heavy atom. The zero-order chi connectivity index (χ0) is 15.4. The minimum absolute atomic E-state index is 0.0379. The lowest BCUT2D eigenvalue weighted by atomic mass is 10.1. The summed E-state index contributed by atoms with van der Waals surface area (Å²) >= 11 is 0. The van der Waals surface area contributed by atoms with E-state index in [1.54, 1.807) is 17.0 Å². The van der Waals surface area contributed by atoms with Crippen LogP contribution in [0.1, 0.15) is 30.1 Å². The number of H-pyrrole nitrogens is 1. The molecule has 1 aliphatic rings. The van der Waals surface area contributed by atoms with E-state index < -0.39 is 0 Å². The van der Waals surface area contributed by atoms with Gasteiger partial charge in [0.25, 0.3) is 0 Å². The van der Waals surface area contributed by atoms with Gasteiger partial charge in [0.2, 0.25) is 5.91 Å². The molecule has 0 radical (unpaired) electrons. The number of carbonyl (C=O) groups excluding carboxylic acids is 1. The van der Waals surface area contributed by atoms with Gasteiger partial charge < -0.3 is 9.88 Å². The Bertz CT molecular complexity index is 737. The van der Waals surface area contributed by atoms with Gasteiger partial charge in [0, 0.05) is 24.5 Å². The van der Waals surface area contributed by atoms with Gasteiger partial charge in [-0.3, -0.25) is 4.79 Å². The van der Waals surface area contributed by atoms with Gasteiger partial charge >= 0.3 is 5.69 Å². The standard InChI is InChI=1S/C17H17N3O2/c21-16(9-8-13-5-2-1-3-6-13)20-12-4-7-15(20)14-10-11-18-17(22)19-14/h1-3,5-6,8-11,15H,4,7,12H2,(H,18,19,22)/b9-8+/t15-/m0/s1. The zero-order valence-corrected chi connectivity index (χ0v) is 12.1. The van der Waals surface area contributed by atoms with Gasteiger partial charge in [-0.1, -0.05) is 30.3 Å². The maximum absolute atomic E-state index is 12.4. The predicted octanol–water partition coefficient (Wildman–Crippen LogP) is 2.15. The molecule has 2 aromatic rings. The van der Waals surface area contributed by atoms with Gasteiger partial charge in [-0.2, -0.15) is 0 Å². The quantitative estimate of drug-likeness (QED) is 0.882. The number of hydrogen-bond acceptors (Lipinski definition) is 3. The summed E-state index contributed by atoms with van der Waals surface area (Å²) < 4.78 is 0. The van der Waals surface area contributed by atoms with Crippen molar-refractivity contribution in [2.24, 2.45) is 0 Å². The van der Waals surface area contributed by atoms with Crippen LogP contribution < -0.4 is 5.69 Å². The maximum Gasteiger partial charge on any atom is 0.345 e. The van der Waals surface area contributed by atoms with Crippen molar-refractivity contribution < 1.29 is 4.79 Å². The number of rotatable bonds is 3. The van der Waals surface area contributed by atoms with E-state index in [-0.39, 0.29) is 17.6 Å². The molecule has 22 heavy (non-hydrogen) atoms. The molecule has 0 spiro atoms. The molecule has 1 aliphatic heterocycles. The third-order valence-corrected chi connectivity index (χ3v) is 3.81. The smallest absolute Gasteiger partial charge is 0.331 e. The van der Waals surface area contributed by atoms with Crippen LogP contribution in [0.3, 0.4) is 0 Å². The summed E-state index contributed by atoms with van der Waals surface area (Å²) in [6.07, 6.45) is 6.67. The SMILES string of the molecule is O=C(/C=C/c1ccccc1)N1CCC[C@H]1c1ccnc(=O)[nH]1. The van der Waals surface area contributed by atoms with Crippen LogP contribution in [0.25, 0.3) is 6.08 Å². The molecule has 5 heteroatoms. The lowest BCUT2D eigenvalue weighted by molar-refractivity contribution is -0.126. The fourth-order valence-electron chi connectivity index (χ4n) is 2.76. The van der Waals surface area contributed by atoms with Crippen LogP contribution in [0.15, 0.2) is 53.5 Å². The lowest BCUT2D eigenvalue weighted by Crippen LogP contribution is -2.30. The van der Waals surface area contributed by atoms with Gasteiger partial charge in [-0.05, 0) is 30.5 Å². The number of nitrogens with zero attached hydrogens (tertiary/aromatic N) is 2. The number of carbonyl (C=O) groups is 1. The first-order valence-electron chi connectivity index (χ1n) is 7.33. The van der Waals surface area contributed by atoms with Crippen LogP contribution in [0.2, 0.25) is 0 Å². The van der Waals surface area contributed by atoms with Crippen LogP contribution in [-0.2, 0) is 4.79 Å². The van der Waals surface area contributed by atoms with E-state index in [1.165, 1.54) is 6.20 Å². The zero-order valence-electron chi connectivity index (χ0n) is 12.1. The molecule has 0 aliphatic carbocycles. The average Bonchev–Trinajstić information content (AvgIpc) is 3.03. The van der Waals surface area contributed by atoms with Crippen LogP contribution in [0, 0.1) is 0 Å². The fourth-order valence-corrected chi connectivity index (χ4v) is 2.76. The van der Waals surface area contributed by atoms with Crippen molar-refractivity contribution in [2.75, 3.05) is 6.54 Å². The molecule has 1 atom stereocenters. The van der Waals surface area contributed by atoms with E-state index in [9.17, 15) is 9.59 Å². The second kappa shape index (κ2) is 6.39. The minimum atomic E-state index is -0.378. The van der Waals surface area contributed by atoms with E-state index in [1.807, 2.05) is 36.4 Å². The van der Waals surface area contributed by atoms with Crippen LogP contribution >= 0.6 is 0 Å². The van der Waals surface area contributed by atoms with Crippen molar-refractivity contribution >= 4 is 12.0 Å². The molecule has 1 saturated heterocycles. The molecular weight excluding hydrogens is 278 g/mol. The molecule has 112 valence electrons. The van der Waals surface area contributed by atoms with Crippen molar-refractivity contribution in [3.05, 3.63) is 70.4 Å². The van der Waals surface area contributed by atoms with Gasteiger partial charge in [0.1, 0.15) is 0 Å². The maximum atomic E-state index is 12.4. The summed E-state index contributed by atoms with van der Waals surface area (Å²) in [6.45, 7) is 0.701. The highest BCUT2D eigenvalue weighted by Crippen LogP contribution is 2.30. The van der Waals surface area contributed by atoms with Crippen molar-refractivity contribution in [1.29, 1.82) is 0 Å². The van der Waals surface area contributed by atoms with Crippen LogP contribution in [0.5, 0.6) is 0 Å². The number of nitrogens with one attached hydrogen (secondary N) is 1. The Morgan fingerprint density at radius 1 is 1.27 bits per heavy atom. The topological polar surface area (TPSA) is 66.1 Å². The molecule has 2 heterocycles. The van der Waals surface area contributed by atoms with E-state index in [4.69, 9.17) is 0 Å². The van der Waals surface area contributed by atoms with Crippen molar-refractivity contribution in [2.45, 2.75) is 18.9 Å². The molecule has 0 unspecified atom stereocenters. The average molecular weight is 295 g/mol. The second-order valence-corrected chi connectivity index (χ2v) is 5.26. The summed E-state index contributed by atoms with van der Waals surface area (Å²) in [4.78, 5) is 31.9. The molecule has 0 saturated carbocycles. The van der Waals surface area contributed by atoms with E-state index in [2.05, 4.69) is 9.97 Å². The molecule has 3 rings (SSSR count). The molecule has 1 aromatic heterocycles. The molecule has 1 fully saturated rings. The van der Waals surface area contributed by atoms with Crippen LogP contribution in [-0.4, -0.2) is 27.3 Å². The highest BCUT2D eigenvalue weighted by Gasteiger charge is 2.29. The summed E-state index contributed by atoms with van der Waals surface area (Å²) in [5, 5.41) is 0. The first-order chi connectivity index (χ1) is 10.7. The monoisotopic (exact) mass is 295 g/mol. The Hall–Kier alpha value is -2.69. The van der Waals surface area contributed by atoms with Crippen molar-refractivity contribution in [1.82, 2.24) is 14.9 Å². The van der Waals surface area contributed by atoms with Crippen molar-refractivity contribution in [3.63, 3.8) is 0 Å². The van der Waals surface area contributed by atoms with Gasteiger partial charge in [0.05, 0.1) is 6.04 Å². The summed E-state index contributed by atoms with van der Waals surface area (Å²) in [5.74, 6) is -0.0379. The lowest BCUT2D eigenvalue weighted by Gasteiger charge is -2.23. The Labute approximate surface area is 128 Å². The molecule has 1 N–H and O–H groups in total. The minimum Gasteiger partial charge on any atom is -0.331 e. The third kappa shape index (κ3) is 3.14. The number of amides is 1. The second-order valence-electron chi connectivity index (χ2n) is 5.26. The Balaban J connectivity index is 1.77. The molecule has 1 aromatic carbocycles. The van der Waals surface area contributed by atoms with Gasteiger partial charge in [0.15, 0.2) is 0 Å². The highest BCUT2D eigenvalue weighted by molar-refractivity contribution is 5.92. The highest BCUT2D eigenvalue weighted by atomic mass is 16.2. The predicted molar refractivity (Wildman–Crippen MR) is 84.0 cm³/mol. The largest absolute Gasteiger partial charge is 0.345 e. The molecule has 0 bridgehead atoms. The summed E-state index contributed by atoms with van der Waals surface area (Å²) in [7, 11) is 0.